The molecule has 18 heavy (non-hydrogen) atoms. The number of aliphatic hydroxyl groups is 1. The minimum absolute atomic E-state index is 0.103. The second-order valence-corrected chi connectivity index (χ2v) is 6.10. The fourth-order valence-corrected chi connectivity index (χ4v) is 2.18. The van der Waals surface area contributed by atoms with Crippen molar-refractivity contribution in [2.45, 2.75) is 38.9 Å². The van der Waals surface area contributed by atoms with E-state index in [1.807, 2.05) is 39.2 Å². The van der Waals surface area contributed by atoms with Gasteiger partial charge in [0.15, 0.2) is 0 Å². The number of rotatable bonds is 3. The molecule has 0 bridgehead atoms. The molecule has 4 nitrogen and oxygen atoms in total. The molecular weight excluding hydrogens is 249 g/mol. The molecule has 1 saturated heterocycles. The summed E-state index contributed by atoms with van der Waals surface area (Å²) in [6.45, 7) is 7.86. The van der Waals surface area contributed by atoms with Crippen LogP contribution in [0.1, 0.15) is 33.4 Å². The first-order chi connectivity index (χ1) is 8.36. The van der Waals surface area contributed by atoms with Crippen molar-refractivity contribution in [1.29, 1.82) is 0 Å². The lowest BCUT2D eigenvalue weighted by Gasteiger charge is -2.32. The molecule has 1 aromatic rings. The van der Waals surface area contributed by atoms with Crippen LogP contribution in [-0.4, -0.2) is 35.0 Å². The highest BCUT2D eigenvalue weighted by Gasteiger charge is 2.52. The summed E-state index contributed by atoms with van der Waals surface area (Å²) in [4.78, 5) is 4.17. The molecule has 0 saturated carbocycles. The maximum Gasteiger partial charge on any atom is 0.492 e. The predicted molar refractivity (Wildman–Crippen MR) is 73.3 cm³/mol. The van der Waals surface area contributed by atoms with Crippen LogP contribution in [-0.2, 0) is 9.31 Å². The fraction of sp³-hybridized carbons (Fsp3) is 0.583. The van der Waals surface area contributed by atoms with E-state index >= 15 is 0 Å². The van der Waals surface area contributed by atoms with E-state index in [1.165, 1.54) is 11.3 Å². The van der Waals surface area contributed by atoms with E-state index in [1.54, 1.807) is 5.51 Å². The van der Waals surface area contributed by atoms with Crippen molar-refractivity contribution in [3.05, 3.63) is 22.1 Å². The van der Waals surface area contributed by atoms with Gasteiger partial charge in [0.25, 0.3) is 0 Å². The van der Waals surface area contributed by atoms with Gasteiger partial charge in [0, 0.05) is 5.38 Å². The Hall–Kier alpha value is -0.685. The van der Waals surface area contributed by atoms with Crippen molar-refractivity contribution < 1.29 is 14.4 Å². The zero-order chi connectivity index (χ0) is 13.4. The van der Waals surface area contributed by atoms with Gasteiger partial charge in [0.05, 0.1) is 29.0 Å². The Balaban J connectivity index is 2.22. The van der Waals surface area contributed by atoms with Gasteiger partial charge < -0.3 is 14.4 Å². The second kappa shape index (κ2) is 4.77. The summed E-state index contributed by atoms with van der Waals surface area (Å²) in [5.41, 5.74) is 2.48. The molecule has 2 heterocycles. The summed E-state index contributed by atoms with van der Waals surface area (Å²) in [6.07, 6.45) is 1.82. The lowest BCUT2D eigenvalue weighted by molar-refractivity contribution is 0.00578. The number of aromatic nitrogens is 1. The van der Waals surface area contributed by atoms with Crippen molar-refractivity contribution >= 4 is 24.5 Å². The molecule has 0 radical (unpaired) electrons. The van der Waals surface area contributed by atoms with Crippen molar-refractivity contribution in [3.8, 4) is 0 Å². The highest BCUT2D eigenvalue weighted by atomic mass is 32.1. The van der Waals surface area contributed by atoms with Gasteiger partial charge in [0.2, 0.25) is 0 Å². The standard InChI is InChI=1S/C12H18BNO3S/c1-11(2)12(3,4)17-13(16-11)9(6-15)5-10-7-18-8-14-10/h5,7-8,15H,6H2,1-4H3. The van der Waals surface area contributed by atoms with Gasteiger partial charge in [-0.2, -0.15) is 0 Å². The minimum atomic E-state index is -0.512. The molecule has 0 aromatic carbocycles. The predicted octanol–water partition coefficient (Wildman–Crippen LogP) is 2.15. The van der Waals surface area contributed by atoms with Crippen molar-refractivity contribution in [1.82, 2.24) is 4.98 Å². The molecule has 1 aliphatic rings. The molecule has 0 spiro atoms. The average Bonchev–Trinajstić information content (AvgIpc) is 2.82. The fourth-order valence-electron chi connectivity index (χ4n) is 1.67. The Morgan fingerprint density at radius 3 is 2.44 bits per heavy atom. The smallest absolute Gasteiger partial charge is 0.400 e. The number of hydrogen-bond acceptors (Lipinski definition) is 5. The van der Waals surface area contributed by atoms with Gasteiger partial charge in [0.1, 0.15) is 0 Å². The van der Waals surface area contributed by atoms with E-state index in [0.29, 0.717) is 5.47 Å². The average molecular weight is 267 g/mol. The molecule has 1 N–H and O–H groups in total. The Labute approximate surface area is 112 Å². The summed E-state index contributed by atoms with van der Waals surface area (Å²) in [7, 11) is -0.512. The Bertz CT molecular complexity index is 426. The van der Waals surface area contributed by atoms with E-state index < -0.39 is 18.3 Å². The highest BCUT2D eigenvalue weighted by molar-refractivity contribution is 7.07. The molecular formula is C12H18BNO3S. The van der Waals surface area contributed by atoms with E-state index in [9.17, 15) is 5.11 Å². The van der Waals surface area contributed by atoms with E-state index in [4.69, 9.17) is 9.31 Å². The van der Waals surface area contributed by atoms with Gasteiger partial charge in [-0.05, 0) is 39.2 Å². The minimum Gasteiger partial charge on any atom is -0.400 e. The zero-order valence-corrected chi connectivity index (χ0v) is 12.0. The quantitative estimate of drug-likeness (QED) is 0.852. The largest absolute Gasteiger partial charge is 0.492 e. The first-order valence-corrected chi connectivity index (χ1v) is 6.85. The summed E-state index contributed by atoms with van der Waals surface area (Å²) in [6, 6.07) is 0. The monoisotopic (exact) mass is 267 g/mol. The van der Waals surface area contributed by atoms with Crippen molar-refractivity contribution in [3.63, 3.8) is 0 Å². The normalized spacial score (nSPS) is 22.5. The molecule has 0 unspecified atom stereocenters. The molecule has 1 fully saturated rings. The molecule has 0 amide bonds. The number of hydrogen-bond donors (Lipinski definition) is 1. The van der Waals surface area contributed by atoms with Crippen LogP contribution in [0.25, 0.3) is 6.08 Å². The van der Waals surface area contributed by atoms with Gasteiger partial charge in [-0.3, -0.25) is 0 Å². The third-order valence-electron chi connectivity index (χ3n) is 3.52. The lowest BCUT2D eigenvalue weighted by Crippen LogP contribution is -2.41. The first-order valence-electron chi connectivity index (χ1n) is 5.91. The third-order valence-corrected chi connectivity index (χ3v) is 4.13. The number of nitrogens with zero attached hydrogens (tertiary/aromatic N) is 1. The summed E-state index contributed by atoms with van der Waals surface area (Å²) in [5.74, 6) is 0. The van der Waals surface area contributed by atoms with Gasteiger partial charge in [-0.15, -0.1) is 11.3 Å². The second-order valence-electron chi connectivity index (χ2n) is 5.38. The maximum absolute atomic E-state index is 9.47. The van der Waals surface area contributed by atoms with Crippen LogP contribution in [0.15, 0.2) is 16.4 Å². The zero-order valence-electron chi connectivity index (χ0n) is 11.1. The van der Waals surface area contributed by atoms with Crippen LogP contribution in [0.2, 0.25) is 0 Å². The van der Waals surface area contributed by atoms with Crippen LogP contribution < -0.4 is 0 Å². The Morgan fingerprint density at radius 1 is 1.39 bits per heavy atom. The maximum atomic E-state index is 9.47. The molecule has 2 rings (SSSR count). The molecule has 6 heteroatoms. The topological polar surface area (TPSA) is 51.6 Å². The summed E-state index contributed by atoms with van der Waals surface area (Å²) < 4.78 is 11.8. The van der Waals surface area contributed by atoms with Gasteiger partial charge in [-0.25, -0.2) is 4.98 Å². The molecule has 1 aromatic heterocycles. The SMILES string of the molecule is CC1(C)OB(C(=Cc2cscn2)CO)OC1(C)C. The highest BCUT2D eigenvalue weighted by Crippen LogP contribution is 2.38. The van der Waals surface area contributed by atoms with E-state index in [0.717, 1.165) is 5.69 Å². The van der Waals surface area contributed by atoms with Gasteiger partial charge in [-0.1, -0.05) is 0 Å². The summed E-state index contributed by atoms with van der Waals surface area (Å²) in [5, 5.41) is 11.4. The third kappa shape index (κ3) is 2.52. The van der Waals surface area contributed by atoms with E-state index in [-0.39, 0.29) is 6.61 Å². The van der Waals surface area contributed by atoms with Crippen molar-refractivity contribution in [2.75, 3.05) is 6.61 Å². The molecule has 0 atom stereocenters. The van der Waals surface area contributed by atoms with Crippen LogP contribution >= 0.6 is 11.3 Å². The first kappa shape index (κ1) is 13.7. The number of aliphatic hydroxyl groups excluding tert-OH is 1. The van der Waals surface area contributed by atoms with Crippen molar-refractivity contribution in [2.24, 2.45) is 0 Å². The summed E-state index contributed by atoms with van der Waals surface area (Å²) >= 11 is 1.52. The molecule has 0 aliphatic carbocycles. The van der Waals surface area contributed by atoms with Crippen LogP contribution in [0.4, 0.5) is 0 Å². The Morgan fingerprint density at radius 2 is 2.00 bits per heavy atom. The molecule has 1 aliphatic heterocycles. The van der Waals surface area contributed by atoms with Crippen LogP contribution in [0.5, 0.6) is 0 Å². The van der Waals surface area contributed by atoms with Gasteiger partial charge >= 0.3 is 7.12 Å². The number of thiazole rings is 1. The molecule has 98 valence electrons. The van der Waals surface area contributed by atoms with Crippen LogP contribution in [0, 0.1) is 0 Å². The lowest BCUT2D eigenvalue weighted by atomic mass is 9.78. The Kier molecular flexibility index (Phi) is 3.64. The van der Waals surface area contributed by atoms with Crippen LogP contribution in [0.3, 0.4) is 0 Å². The van der Waals surface area contributed by atoms with E-state index in [2.05, 4.69) is 4.98 Å².